The number of nitrogens with one attached hydrogen (secondary N) is 1. The number of benzene rings is 1. The molecule has 164 valence electrons. The summed E-state index contributed by atoms with van der Waals surface area (Å²) >= 11 is 0. The van der Waals surface area contributed by atoms with Crippen LogP contribution in [0.3, 0.4) is 0 Å². The third kappa shape index (κ3) is 7.14. The lowest BCUT2D eigenvalue weighted by atomic mass is 10.0. The molecule has 1 atom stereocenters. The Labute approximate surface area is 175 Å². The van der Waals surface area contributed by atoms with Crippen molar-refractivity contribution in [3.05, 3.63) is 62.9 Å². The number of nitrogens with zero attached hydrogens (tertiary/aromatic N) is 1. The number of sulfone groups is 1. The van der Waals surface area contributed by atoms with E-state index in [1.807, 2.05) is 31.2 Å². The van der Waals surface area contributed by atoms with Gasteiger partial charge in [-0.15, -0.1) is 0 Å². The fourth-order valence-electron chi connectivity index (χ4n) is 3.06. The molecule has 0 amide bonds. The molecule has 1 N–H and O–H groups in total. The normalized spacial score (nSPS) is 15.1. The van der Waals surface area contributed by atoms with E-state index in [2.05, 4.69) is 4.98 Å². The van der Waals surface area contributed by atoms with Gasteiger partial charge >= 0.3 is 5.69 Å². The van der Waals surface area contributed by atoms with Crippen LogP contribution >= 0.6 is 0 Å². The van der Waals surface area contributed by atoms with Crippen molar-refractivity contribution in [2.75, 3.05) is 24.7 Å². The Balaban J connectivity index is 1.42. The molecule has 1 aromatic carbocycles. The second-order valence-electron chi connectivity index (χ2n) is 7.81. The highest BCUT2D eigenvalue weighted by molar-refractivity contribution is 7.91. The Morgan fingerprint density at radius 3 is 2.77 bits per heavy atom. The molecule has 1 unspecified atom stereocenters. The third-order valence-corrected chi connectivity index (χ3v) is 6.90. The lowest BCUT2D eigenvalue weighted by Crippen LogP contribution is -2.29. The van der Waals surface area contributed by atoms with Crippen LogP contribution in [0.2, 0.25) is 0 Å². The standard InChI is InChI=1S/C21H28N2O6S/c1-16(18-4-2-5-19(12-18)29-13-17-6-7-17)14-30(26,27)11-3-10-28-15-23-9-8-20(24)22-21(23)25/h2,4-5,8-9,12,16-17H,3,6-7,10-11,13-15H2,1H3,(H,22,24,25). The lowest BCUT2D eigenvalue weighted by Gasteiger charge is -2.14. The van der Waals surface area contributed by atoms with Gasteiger partial charge in [0.1, 0.15) is 12.5 Å². The topological polar surface area (TPSA) is 107 Å². The fourth-order valence-corrected chi connectivity index (χ4v) is 4.74. The second-order valence-corrected chi connectivity index (χ2v) is 10.0. The summed E-state index contributed by atoms with van der Waals surface area (Å²) in [5.41, 5.74) is -0.0932. The monoisotopic (exact) mass is 436 g/mol. The maximum Gasteiger partial charge on any atom is 0.330 e. The van der Waals surface area contributed by atoms with Gasteiger partial charge in [0.05, 0.1) is 18.1 Å². The molecule has 0 saturated heterocycles. The average molecular weight is 437 g/mol. The van der Waals surface area contributed by atoms with E-state index in [0.29, 0.717) is 12.3 Å². The molecule has 3 rings (SSSR count). The SMILES string of the molecule is CC(CS(=O)(=O)CCCOCn1ccc(=O)[nH]c1=O)c1cccc(OCC2CC2)c1. The number of rotatable bonds is 12. The third-order valence-electron chi connectivity index (χ3n) is 4.98. The zero-order valence-electron chi connectivity index (χ0n) is 17.1. The molecule has 1 aliphatic rings. The molecule has 1 heterocycles. The number of aromatic nitrogens is 2. The Morgan fingerprint density at radius 2 is 2.03 bits per heavy atom. The van der Waals surface area contributed by atoms with Gasteiger partial charge in [-0.2, -0.15) is 0 Å². The summed E-state index contributed by atoms with van der Waals surface area (Å²) in [6.45, 7) is 2.78. The average Bonchev–Trinajstić information content (AvgIpc) is 3.52. The van der Waals surface area contributed by atoms with Gasteiger partial charge in [-0.05, 0) is 48.8 Å². The van der Waals surface area contributed by atoms with E-state index in [1.165, 1.54) is 29.7 Å². The van der Waals surface area contributed by atoms with Crippen LogP contribution in [0.15, 0.2) is 46.1 Å². The fraction of sp³-hybridized carbons (Fsp3) is 0.524. The molecule has 30 heavy (non-hydrogen) atoms. The van der Waals surface area contributed by atoms with Gasteiger partial charge in [-0.3, -0.25) is 14.3 Å². The molecule has 2 aromatic rings. The first-order chi connectivity index (χ1) is 14.3. The molecule has 1 aliphatic carbocycles. The first kappa shape index (κ1) is 22.3. The van der Waals surface area contributed by atoms with Crippen molar-refractivity contribution in [3.63, 3.8) is 0 Å². The van der Waals surface area contributed by atoms with Crippen LogP contribution < -0.4 is 16.0 Å². The number of hydrogen-bond acceptors (Lipinski definition) is 6. The molecule has 1 aromatic heterocycles. The molecule has 1 fully saturated rings. The molecule has 0 aliphatic heterocycles. The highest BCUT2D eigenvalue weighted by atomic mass is 32.2. The van der Waals surface area contributed by atoms with Crippen LogP contribution in [0.1, 0.15) is 37.7 Å². The van der Waals surface area contributed by atoms with Gasteiger partial charge in [0, 0.05) is 18.9 Å². The maximum atomic E-state index is 12.5. The van der Waals surface area contributed by atoms with E-state index >= 15 is 0 Å². The zero-order chi connectivity index (χ0) is 21.6. The summed E-state index contributed by atoms with van der Waals surface area (Å²) in [5, 5.41) is 0. The van der Waals surface area contributed by atoms with Crippen molar-refractivity contribution >= 4 is 9.84 Å². The van der Waals surface area contributed by atoms with Crippen LogP contribution in [0, 0.1) is 5.92 Å². The van der Waals surface area contributed by atoms with Gasteiger partial charge in [0.2, 0.25) is 0 Å². The Hall–Kier alpha value is -2.39. The predicted octanol–water partition coefficient (Wildman–Crippen LogP) is 1.91. The highest BCUT2D eigenvalue weighted by Crippen LogP contribution is 2.30. The van der Waals surface area contributed by atoms with Crippen LogP contribution in [-0.4, -0.2) is 42.7 Å². The summed E-state index contributed by atoms with van der Waals surface area (Å²) in [7, 11) is -3.25. The predicted molar refractivity (Wildman–Crippen MR) is 114 cm³/mol. The Morgan fingerprint density at radius 1 is 1.23 bits per heavy atom. The summed E-state index contributed by atoms with van der Waals surface area (Å²) in [6, 6.07) is 8.87. The number of ether oxygens (including phenoxy) is 2. The zero-order valence-corrected chi connectivity index (χ0v) is 17.9. The second kappa shape index (κ2) is 10.1. The maximum absolute atomic E-state index is 12.5. The van der Waals surface area contributed by atoms with Crippen molar-refractivity contribution in [2.45, 2.75) is 38.8 Å². The minimum absolute atomic E-state index is 0.00966. The van der Waals surface area contributed by atoms with Crippen LogP contribution in [-0.2, 0) is 21.3 Å². The van der Waals surface area contributed by atoms with Gasteiger partial charge < -0.3 is 9.47 Å². The Bertz CT molecular complexity index is 1060. The van der Waals surface area contributed by atoms with Crippen molar-refractivity contribution in [1.29, 1.82) is 0 Å². The largest absolute Gasteiger partial charge is 0.493 e. The van der Waals surface area contributed by atoms with Crippen LogP contribution in [0.5, 0.6) is 5.75 Å². The summed E-state index contributed by atoms with van der Waals surface area (Å²) in [4.78, 5) is 24.7. The van der Waals surface area contributed by atoms with Gasteiger partial charge in [-0.25, -0.2) is 13.2 Å². The van der Waals surface area contributed by atoms with Gasteiger partial charge in [0.15, 0.2) is 9.84 Å². The number of aromatic amines is 1. The minimum Gasteiger partial charge on any atom is -0.493 e. The van der Waals surface area contributed by atoms with E-state index < -0.39 is 21.1 Å². The molecule has 0 spiro atoms. The van der Waals surface area contributed by atoms with E-state index in [-0.39, 0.29) is 30.8 Å². The minimum atomic E-state index is -3.25. The Kier molecular flexibility index (Phi) is 7.49. The molecule has 0 radical (unpaired) electrons. The van der Waals surface area contributed by atoms with Crippen molar-refractivity contribution < 1.29 is 17.9 Å². The first-order valence-electron chi connectivity index (χ1n) is 10.1. The highest BCUT2D eigenvalue weighted by Gasteiger charge is 2.22. The van der Waals surface area contributed by atoms with E-state index in [4.69, 9.17) is 9.47 Å². The molecule has 8 nitrogen and oxygen atoms in total. The van der Waals surface area contributed by atoms with Crippen molar-refractivity contribution in [1.82, 2.24) is 9.55 Å². The summed E-state index contributed by atoms with van der Waals surface area (Å²) < 4.78 is 37.3. The van der Waals surface area contributed by atoms with E-state index in [9.17, 15) is 18.0 Å². The molecular formula is C21H28N2O6S. The molecule has 9 heteroatoms. The van der Waals surface area contributed by atoms with Crippen molar-refractivity contribution in [2.24, 2.45) is 5.92 Å². The van der Waals surface area contributed by atoms with Crippen LogP contribution in [0.25, 0.3) is 0 Å². The van der Waals surface area contributed by atoms with Crippen LogP contribution in [0.4, 0.5) is 0 Å². The van der Waals surface area contributed by atoms with Crippen molar-refractivity contribution in [3.8, 4) is 5.75 Å². The van der Waals surface area contributed by atoms with Gasteiger partial charge in [-0.1, -0.05) is 19.1 Å². The first-order valence-corrected chi connectivity index (χ1v) is 12.0. The quantitative estimate of drug-likeness (QED) is 0.509. The molecular weight excluding hydrogens is 408 g/mol. The smallest absolute Gasteiger partial charge is 0.330 e. The summed E-state index contributed by atoms with van der Waals surface area (Å²) in [6.07, 6.45) is 4.11. The molecule has 1 saturated carbocycles. The molecule has 0 bridgehead atoms. The number of hydrogen-bond donors (Lipinski definition) is 1. The van der Waals surface area contributed by atoms with Gasteiger partial charge in [0.25, 0.3) is 5.56 Å². The van der Waals surface area contributed by atoms with E-state index in [0.717, 1.165) is 17.9 Å². The number of H-pyrrole nitrogens is 1. The van der Waals surface area contributed by atoms with E-state index in [1.54, 1.807) is 0 Å². The lowest BCUT2D eigenvalue weighted by molar-refractivity contribution is 0.0745. The summed E-state index contributed by atoms with van der Waals surface area (Å²) in [5.74, 6) is 1.37.